The van der Waals surface area contributed by atoms with E-state index in [0.717, 1.165) is 6.07 Å². The largest absolute Gasteiger partial charge is 0.417 e. The quantitative estimate of drug-likeness (QED) is 0.735. The summed E-state index contributed by atoms with van der Waals surface area (Å²) in [5.74, 6) is 0.0182. The van der Waals surface area contributed by atoms with Crippen molar-refractivity contribution in [2.75, 3.05) is 0 Å². The minimum Gasteiger partial charge on any atom is -0.329 e. The van der Waals surface area contributed by atoms with Crippen LogP contribution in [0.1, 0.15) is 5.56 Å². The Kier molecular flexibility index (Phi) is 2.48. The second-order valence-electron chi connectivity index (χ2n) is 3.87. The van der Waals surface area contributed by atoms with Crippen molar-refractivity contribution < 1.29 is 13.2 Å². The van der Waals surface area contributed by atoms with E-state index in [1.54, 1.807) is 0 Å². The fourth-order valence-electron chi connectivity index (χ4n) is 1.79. The van der Waals surface area contributed by atoms with Crippen molar-refractivity contribution in [1.29, 1.82) is 0 Å². The summed E-state index contributed by atoms with van der Waals surface area (Å²) in [4.78, 5) is 14.6. The van der Waals surface area contributed by atoms with E-state index in [4.69, 9.17) is 0 Å². The summed E-state index contributed by atoms with van der Waals surface area (Å²) < 4.78 is 38.7. The normalized spacial score (nSPS) is 11.9. The van der Waals surface area contributed by atoms with E-state index in [2.05, 4.69) is 19.9 Å². The molecule has 96 valence electrons. The van der Waals surface area contributed by atoms with Gasteiger partial charge in [-0.1, -0.05) is 18.2 Å². The first-order valence-electron chi connectivity index (χ1n) is 5.38. The number of nitrogens with zero attached hydrogens (tertiary/aromatic N) is 3. The molecular weight excluding hydrogens is 257 g/mol. The van der Waals surface area contributed by atoms with Gasteiger partial charge in [0.15, 0.2) is 11.5 Å². The molecule has 0 radical (unpaired) electrons. The number of alkyl halides is 3. The van der Waals surface area contributed by atoms with Crippen molar-refractivity contribution in [1.82, 2.24) is 19.9 Å². The van der Waals surface area contributed by atoms with Crippen LogP contribution in [0.25, 0.3) is 22.6 Å². The van der Waals surface area contributed by atoms with Gasteiger partial charge in [-0.05, 0) is 6.07 Å². The van der Waals surface area contributed by atoms with Crippen molar-refractivity contribution in [3.05, 3.63) is 42.4 Å². The van der Waals surface area contributed by atoms with Crippen LogP contribution in [-0.4, -0.2) is 19.9 Å². The van der Waals surface area contributed by atoms with Gasteiger partial charge in [-0.3, -0.25) is 0 Å². The summed E-state index contributed by atoms with van der Waals surface area (Å²) in [6.07, 6.45) is -1.64. The number of benzene rings is 1. The third-order valence-corrected chi connectivity index (χ3v) is 2.65. The summed E-state index contributed by atoms with van der Waals surface area (Å²) in [6, 6.07) is 5.21. The summed E-state index contributed by atoms with van der Waals surface area (Å²) in [5.41, 5.74) is 0.107. The highest BCUT2D eigenvalue weighted by atomic mass is 19.4. The fraction of sp³-hybridized carbons (Fsp3) is 0.0833. The molecule has 0 amide bonds. The first-order valence-corrected chi connectivity index (χ1v) is 5.38. The van der Waals surface area contributed by atoms with Crippen molar-refractivity contribution in [3.63, 3.8) is 0 Å². The highest BCUT2D eigenvalue weighted by molar-refractivity contribution is 5.72. The van der Waals surface area contributed by atoms with Crippen LogP contribution in [0.3, 0.4) is 0 Å². The molecule has 1 N–H and O–H groups in total. The molecule has 2 heterocycles. The zero-order valence-electron chi connectivity index (χ0n) is 9.44. The number of hydrogen-bond donors (Lipinski definition) is 1. The third kappa shape index (κ3) is 2.03. The molecule has 0 aliphatic rings. The van der Waals surface area contributed by atoms with Gasteiger partial charge in [-0.25, -0.2) is 15.0 Å². The number of imidazole rings is 1. The van der Waals surface area contributed by atoms with Gasteiger partial charge >= 0.3 is 6.18 Å². The van der Waals surface area contributed by atoms with E-state index in [-0.39, 0.29) is 11.4 Å². The van der Waals surface area contributed by atoms with Gasteiger partial charge in [-0.2, -0.15) is 13.2 Å². The molecule has 7 heteroatoms. The lowest BCUT2D eigenvalue weighted by atomic mass is 10.1. The molecule has 3 aromatic rings. The molecule has 0 fully saturated rings. The lowest BCUT2D eigenvalue weighted by Gasteiger charge is -2.11. The van der Waals surface area contributed by atoms with Gasteiger partial charge in [-0.15, -0.1) is 0 Å². The van der Waals surface area contributed by atoms with Crippen LogP contribution < -0.4 is 0 Å². The molecule has 1 aromatic carbocycles. The predicted molar refractivity (Wildman–Crippen MR) is 62.1 cm³/mol. The van der Waals surface area contributed by atoms with Crippen molar-refractivity contribution in [2.45, 2.75) is 6.18 Å². The first kappa shape index (κ1) is 11.6. The number of aromatic nitrogens is 4. The Labute approximate surface area is 105 Å². The van der Waals surface area contributed by atoms with Crippen LogP contribution in [0.5, 0.6) is 0 Å². The molecule has 0 atom stereocenters. The van der Waals surface area contributed by atoms with E-state index in [0.29, 0.717) is 11.2 Å². The van der Waals surface area contributed by atoms with Gasteiger partial charge in [0, 0.05) is 5.56 Å². The number of hydrogen-bond acceptors (Lipinski definition) is 3. The van der Waals surface area contributed by atoms with Crippen LogP contribution >= 0.6 is 0 Å². The Morgan fingerprint density at radius 2 is 1.84 bits per heavy atom. The fourth-order valence-corrected chi connectivity index (χ4v) is 1.79. The van der Waals surface area contributed by atoms with Crippen LogP contribution in [0.15, 0.2) is 36.8 Å². The Bertz CT molecular complexity index is 733. The minimum absolute atomic E-state index is 0.0182. The predicted octanol–water partition coefficient (Wildman–Crippen LogP) is 3.04. The average Bonchev–Trinajstić information content (AvgIpc) is 2.85. The molecule has 0 saturated heterocycles. The topological polar surface area (TPSA) is 54.5 Å². The van der Waals surface area contributed by atoms with E-state index in [1.165, 1.54) is 30.7 Å². The van der Waals surface area contributed by atoms with Crippen LogP contribution in [0.2, 0.25) is 0 Å². The Hall–Kier alpha value is -2.44. The maximum absolute atomic E-state index is 12.9. The summed E-state index contributed by atoms with van der Waals surface area (Å²) in [6.45, 7) is 0. The molecule has 4 nitrogen and oxygen atoms in total. The zero-order chi connectivity index (χ0) is 13.5. The van der Waals surface area contributed by atoms with Crippen LogP contribution in [0, 0.1) is 0 Å². The van der Waals surface area contributed by atoms with Gasteiger partial charge in [0.05, 0.1) is 18.1 Å². The Morgan fingerprint density at radius 1 is 1.05 bits per heavy atom. The second-order valence-corrected chi connectivity index (χ2v) is 3.87. The third-order valence-electron chi connectivity index (χ3n) is 2.65. The lowest BCUT2D eigenvalue weighted by molar-refractivity contribution is -0.137. The van der Waals surface area contributed by atoms with E-state index in [1.807, 2.05) is 0 Å². The van der Waals surface area contributed by atoms with E-state index >= 15 is 0 Å². The highest BCUT2D eigenvalue weighted by Gasteiger charge is 2.34. The van der Waals surface area contributed by atoms with Gasteiger partial charge < -0.3 is 4.98 Å². The molecule has 19 heavy (non-hydrogen) atoms. The standard InChI is InChI=1S/C12H7F3N4/c13-12(14,15)8-4-2-1-3-7(8)10-16-5-9-11(19-10)18-6-17-9/h1-6H,(H,16,17,18,19). The number of H-pyrrole nitrogens is 1. The smallest absolute Gasteiger partial charge is 0.329 e. The maximum atomic E-state index is 12.9. The van der Waals surface area contributed by atoms with Crippen LogP contribution in [0.4, 0.5) is 13.2 Å². The number of fused-ring (bicyclic) bond motifs is 1. The SMILES string of the molecule is FC(F)(F)c1ccccc1-c1ncc2nc[nH]c2n1. The monoisotopic (exact) mass is 264 g/mol. The highest BCUT2D eigenvalue weighted by Crippen LogP contribution is 2.35. The van der Waals surface area contributed by atoms with Crippen molar-refractivity contribution >= 4 is 11.2 Å². The molecule has 2 aromatic heterocycles. The second kappa shape index (κ2) is 4.04. The minimum atomic E-state index is -4.44. The average molecular weight is 264 g/mol. The molecule has 0 spiro atoms. The molecule has 3 rings (SSSR count). The summed E-state index contributed by atoms with van der Waals surface area (Å²) >= 11 is 0. The molecular formula is C12H7F3N4. The Balaban J connectivity index is 2.21. The summed E-state index contributed by atoms with van der Waals surface area (Å²) in [7, 11) is 0. The molecule has 0 aliphatic carbocycles. The van der Waals surface area contributed by atoms with Crippen molar-refractivity contribution in [3.8, 4) is 11.4 Å². The lowest BCUT2D eigenvalue weighted by Crippen LogP contribution is -2.08. The van der Waals surface area contributed by atoms with Crippen LogP contribution in [-0.2, 0) is 6.18 Å². The molecule has 0 unspecified atom stereocenters. The first-order chi connectivity index (χ1) is 9.05. The molecule has 0 saturated carbocycles. The number of nitrogens with one attached hydrogen (secondary N) is 1. The van der Waals surface area contributed by atoms with E-state index < -0.39 is 11.7 Å². The van der Waals surface area contributed by atoms with E-state index in [9.17, 15) is 13.2 Å². The van der Waals surface area contributed by atoms with Crippen molar-refractivity contribution in [2.24, 2.45) is 0 Å². The molecule has 0 bridgehead atoms. The maximum Gasteiger partial charge on any atom is 0.417 e. The number of aromatic amines is 1. The zero-order valence-corrected chi connectivity index (χ0v) is 9.44. The van der Waals surface area contributed by atoms with Gasteiger partial charge in [0.25, 0.3) is 0 Å². The number of halogens is 3. The Morgan fingerprint density at radius 3 is 2.63 bits per heavy atom. The van der Waals surface area contributed by atoms with Gasteiger partial charge in [0.1, 0.15) is 5.52 Å². The van der Waals surface area contributed by atoms with Gasteiger partial charge in [0.2, 0.25) is 0 Å². The summed E-state index contributed by atoms with van der Waals surface area (Å²) in [5, 5.41) is 0. The number of rotatable bonds is 1. The molecule has 0 aliphatic heterocycles.